The maximum Gasteiger partial charge on any atom is 0.343 e. The summed E-state index contributed by atoms with van der Waals surface area (Å²) in [5, 5.41) is 0. The van der Waals surface area contributed by atoms with Crippen molar-refractivity contribution in [1.82, 2.24) is 0 Å². The first-order valence-electron chi connectivity index (χ1n) is 8.90. The van der Waals surface area contributed by atoms with Crippen LogP contribution in [0.2, 0.25) is 0 Å². The Hall–Kier alpha value is -2.95. The molecule has 2 aliphatic rings. The summed E-state index contributed by atoms with van der Waals surface area (Å²) in [6, 6.07) is 15.3. The van der Waals surface area contributed by atoms with Crippen molar-refractivity contribution < 1.29 is 19.1 Å². The number of carbonyl (C=O) groups excluding carboxylic acids is 3. The van der Waals surface area contributed by atoms with Gasteiger partial charge in [0.05, 0.1) is 23.1 Å². The van der Waals surface area contributed by atoms with Gasteiger partial charge < -0.3 is 4.74 Å². The average molecular weight is 349 g/mol. The molecule has 0 radical (unpaired) electrons. The summed E-state index contributed by atoms with van der Waals surface area (Å²) >= 11 is 0. The Morgan fingerprint density at radius 1 is 0.885 bits per heavy atom. The molecular weight excluding hydrogens is 330 g/mol. The Balaban J connectivity index is 1.57. The Morgan fingerprint density at radius 3 is 2.19 bits per heavy atom. The predicted octanol–water partition coefficient (Wildman–Crippen LogP) is 3.59. The van der Waals surface area contributed by atoms with E-state index < -0.39 is 5.97 Å². The highest BCUT2D eigenvalue weighted by Crippen LogP contribution is 2.40. The number of benzene rings is 2. The van der Waals surface area contributed by atoms with Gasteiger partial charge in [0.2, 0.25) is 11.8 Å². The smallest absolute Gasteiger partial charge is 0.343 e. The van der Waals surface area contributed by atoms with Gasteiger partial charge in [-0.2, -0.15) is 0 Å². The van der Waals surface area contributed by atoms with E-state index in [2.05, 4.69) is 0 Å². The van der Waals surface area contributed by atoms with Crippen molar-refractivity contribution in [1.29, 1.82) is 0 Å². The first-order valence-corrected chi connectivity index (χ1v) is 8.90. The standard InChI is InChI=1S/C21H19NO4/c23-19-17-11-4-5-12-18(17)20(24)22(19)15-9-6-10-16(13-15)26-21(25)14-7-2-1-3-8-14/h1-3,6-10,13,17-18H,4-5,11-12H2/t17-,18+. The van der Waals surface area contributed by atoms with Crippen LogP contribution < -0.4 is 9.64 Å². The van der Waals surface area contributed by atoms with E-state index in [0.29, 0.717) is 17.0 Å². The quantitative estimate of drug-likeness (QED) is 0.483. The SMILES string of the molecule is O=C(Oc1cccc(N2C(=O)[C@H]3CCCC[C@H]3C2=O)c1)c1ccccc1. The van der Waals surface area contributed by atoms with E-state index in [-0.39, 0.29) is 23.7 Å². The first-order chi connectivity index (χ1) is 12.6. The second-order valence-corrected chi connectivity index (χ2v) is 6.76. The van der Waals surface area contributed by atoms with Crippen molar-refractivity contribution in [2.24, 2.45) is 11.8 Å². The summed E-state index contributed by atoms with van der Waals surface area (Å²) < 4.78 is 5.40. The second-order valence-electron chi connectivity index (χ2n) is 6.76. The fourth-order valence-electron chi connectivity index (χ4n) is 3.84. The van der Waals surface area contributed by atoms with Crippen LogP contribution in [0.25, 0.3) is 0 Å². The number of fused-ring (bicyclic) bond motifs is 1. The third-order valence-corrected chi connectivity index (χ3v) is 5.14. The number of ether oxygens (including phenoxy) is 1. The number of anilines is 1. The lowest BCUT2D eigenvalue weighted by Gasteiger charge is -2.19. The van der Waals surface area contributed by atoms with Crippen LogP contribution in [-0.2, 0) is 9.59 Å². The fourth-order valence-corrected chi connectivity index (χ4v) is 3.84. The van der Waals surface area contributed by atoms with Crippen molar-refractivity contribution in [2.45, 2.75) is 25.7 Å². The molecule has 0 spiro atoms. The maximum absolute atomic E-state index is 12.7. The molecule has 5 heteroatoms. The number of nitrogens with zero attached hydrogens (tertiary/aromatic N) is 1. The van der Waals surface area contributed by atoms with Gasteiger partial charge >= 0.3 is 5.97 Å². The van der Waals surface area contributed by atoms with Crippen LogP contribution in [0.15, 0.2) is 54.6 Å². The summed E-state index contributed by atoms with van der Waals surface area (Å²) in [7, 11) is 0. The molecule has 1 aliphatic heterocycles. The van der Waals surface area contributed by atoms with Gasteiger partial charge in [-0.1, -0.05) is 37.1 Å². The van der Waals surface area contributed by atoms with E-state index in [1.54, 1.807) is 48.5 Å². The lowest BCUT2D eigenvalue weighted by molar-refractivity contribution is -0.122. The van der Waals surface area contributed by atoms with Gasteiger partial charge in [0, 0.05) is 6.07 Å². The van der Waals surface area contributed by atoms with Crippen LogP contribution >= 0.6 is 0 Å². The number of hydrogen-bond donors (Lipinski definition) is 0. The number of rotatable bonds is 3. The van der Waals surface area contributed by atoms with Crippen LogP contribution in [0.3, 0.4) is 0 Å². The Kier molecular flexibility index (Phi) is 4.29. The van der Waals surface area contributed by atoms with Crippen molar-refractivity contribution in [3.05, 3.63) is 60.2 Å². The summed E-state index contributed by atoms with van der Waals surface area (Å²) in [5.74, 6) is -0.835. The molecule has 0 unspecified atom stereocenters. The largest absolute Gasteiger partial charge is 0.423 e. The van der Waals surface area contributed by atoms with Gasteiger partial charge in [-0.05, 0) is 37.1 Å². The van der Waals surface area contributed by atoms with Crippen LogP contribution in [-0.4, -0.2) is 17.8 Å². The first kappa shape index (κ1) is 16.5. The zero-order chi connectivity index (χ0) is 18.1. The number of hydrogen-bond acceptors (Lipinski definition) is 4. The van der Waals surface area contributed by atoms with Crippen LogP contribution in [0, 0.1) is 11.8 Å². The number of amides is 2. The van der Waals surface area contributed by atoms with E-state index in [9.17, 15) is 14.4 Å². The highest BCUT2D eigenvalue weighted by molar-refractivity contribution is 6.22. The Bertz CT molecular complexity index is 837. The molecule has 0 N–H and O–H groups in total. The van der Waals surface area contributed by atoms with Gasteiger partial charge in [0.15, 0.2) is 0 Å². The molecular formula is C21H19NO4. The molecule has 5 nitrogen and oxygen atoms in total. The Labute approximate surface area is 151 Å². The molecule has 1 aliphatic carbocycles. The summed E-state index contributed by atoms with van der Waals surface area (Å²) in [5.41, 5.74) is 0.907. The van der Waals surface area contributed by atoms with Gasteiger partial charge in [-0.25, -0.2) is 9.69 Å². The monoisotopic (exact) mass is 349 g/mol. The lowest BCUT2D eigenvalue weighted by atomic mass is 9.81. The average Bonchev–Trinajstić information content (AvgIpc) is 2.94. The van der Waals surface area contributed by atoms with E-state index >= 15 is 0 Å². The zero-order valence-corrected chi connectivity index (χ0v) is 14.3. The molecule has 1 saturated carbocycles. The Morgan fingerprint density at radius 2 is 1.54 bits per heavy atom. The highest BCUT2D eigenvalue weighted by Gasteiger charge is 2.48. The summed E-state index contributed by atoms with van der Waals surface area (Å²) in [6.07, 6.45) is 3.52. The van der Waals surface area contributed by atoms with E-state index in [0.717, 1.165) is 25.7 Å². The van der Waals surface area contributed by atoms with Gasteiger partial charge in [-0.3, -0.25) is 9.59 Å². The van der Waals surface area contributed by atoms with Crippen molar-refractivity contribution in [3.63, 3.8) is 0 Å². The summed E-state index contributed by atoms with van der Waals surface area (Å²) in [6.45, 7) is 0. The molecule has 132 valence electrons. The van der Waals surface area contributed by atoms with Crippen LogP contribution in [0.5, 0.6) is 5.75 Å². The van der Waals surface area contributed by atoms with Crippen LogP contribution in [0.1, 0.15) is 36.0 Å². The molecule has 2 aromatic rings. The van der Waals surface area contributed by atoms with E-state index in [1.165, 1.54) is 4.90 Å². The topological polar surface area (TPSA) is 63.7 Å². The van der Waals surface area contributed by atoms with E-state index in [1.807, 2.05) is 6.07 Å². The molecule has 2 fully saturated rings. The summed E-state index contributed by atoms with van der Waals surface area (Å²) in [4.78, 5) is 38.9. The highest BCUT2D eigenvalue weighted by atomic mass is 16.5. The fraction of sp³-hybridized carbons (Fsp3) is 0.286. The lowest BCUT2D eigenvalue weighted by Crippen LogP contribution is -2.30. The molecule has 1 heterocycles. The number of esters is 1. The molecule has 2 amide bonds. The third-order valence-electron chi connectivity index (χ3n) is 5.14. The minimum Gasteiger partial charge on any atom is -0.423 e. The van der Waals surface area contributed by atoms with Gasteiger partial charge in [0.25, 0.3) is 0 Å². The van der Waals surface area contributed by atoms with Gasteiger partial charge in [-0.15, -0.1) is 0 Å². The zero-order valence-electron chi connectivity index (χ0n) is 14.3. The second kappa shape index (κ2) is 6.75. The maximum atomic E-state index is 12.7. The molecule has 4 rings (SSSR count). The van der Waals surface area contributed by atoms with E-state index in [4.69, 9.17) is 4.74 Å². The molecule has 0 bridgehead atoms. The minimum absolute atomic E-state index is 0.133. The molecule has 0 aromatic heterocycles. The van der Waals surface area contributed by atoms with Crippen molar-refractivity contribution >= 4 is 23.5 Å². The third kappa shape index (κ3) is 2.90. The predicted molar refractivity (Wildman–Crippen MR) is 95.8 cm³/mol. The van der Waals surface area contributed by atoms with Gasteiger partial charge in [0.1, 0.15) is 5.75 Å². The number of imide groups is 1. The minimum atomic E-state index is -0.476. The molecule has 2 atom stereocenters. The number of carbonyl (C=O) groups is 3. The molecule has 2 aromatic carbocycles. The molecule has 1 saturated heterocycles. The van der Waals surface area contributed by atoms with Crippen molar-refractivity contribution in [3.8, 4) is 5.75 Å². The van der Waals surface area contributed by atoms with Crippen molar-refractivity contribution in [2.75, 3.05) is 4.90 Å². The van der Waals surface area contributed by atoms with Crippen LogP contribution in [0.4, 0.5) is 5.69 Å². The molecule has 26 heavy (non-hydrogen) atoms. The normalized spacial score (nSPS) is 22.2.